The van der Waals surface area contributed by atoms with E-state index in [0.29, 0.717) is 23.2 Å². The van der Waals surface area contributed by atoms with E-state index in [2.05, 4.69) is 17.1 Å². The second-order valence-electron chi connectivity index (χ2n) is 7.25. The van der Waals surface area contributed by atoms with Crippen molar-refractivity contribution in [3.63, 3.8) is 0 Å². The van der Waals surface area contributed by atoms with Gasteiger partial charge in [-0.1, -0.05) is 35.9 Å². The van der Waals surface area contributed by atoms with Crippen LogP contribution in [0.15, 0.2) is 59.8 Å². The molecule has 2 aromatic rings. The summed E-state index contributed by atoms with van der Waals surface area (Å²) in [5.41, 5.74) is 4.02. The van der Waals surface area contributed by atoms with Crippen molar-refractivity contribution in [3.05, 3.63) is 76.0 Å². The third-order valence-electron chi connectivity index (χ3n) is 5.40. The van der Waals surface area contributed by atoms with Gasteiger partial charge in [-0.05, 0) is 67.4 Å². The van der Waals surface area contributed by atoms with Gasteiger partial charge in [0.25, 0.3) is 0 Å². The molecule has 0 radical (unpaired) electrons. The molecule has 150 valence electrons. The summed E-state index contributed by atoms with van der Waals surface area (Å²) in [7, 11) is 0. The zero-order valence-electron chi connectivity index (χ0n) is 16.3. The topological polar surface area (TPSA) is 41.6 Å². The Bertz CT molecular complexity index is 954. The van der Waals surface area contributed by atoms with Crippen LogP contribution in [0.1, 0.15) is 43.4 Å². The number of benzene rings is 2. The Morgan fingerprint density at radius 1 is 1.14 bits per heavy atom. The molecule has 0 bridgehead atoms. The molecule has 0 fully saturated rings. The zero-order valence-corrected chi connectivity index (χ0v) is 17.9. The van der Waals surface area contributed by atoms with Crippen LogP contribution in [0.5, 0.6) is 5.75 Å². The van der Waals surface area contributed by atoms with Crippen molar-refractivity contribution in [2.45, 2.75) is 38.8 Å². The quantitative estimate of drug-likeness (QED) is 0.667. The summed E-state index contributed by atoms with van der Waals surface area (Å²) in [6.07, 6.45) is 2.39. The molecule has 4 rings (SSSR count). The summed E-state index contributed by atoms with van der Waals surface area (Å²) < 4.78 is 5.88. The Kier molecular flexibility index (Phi) is 5.88. The lowest BCUT2D eigenvalue weighted by Crippen LogP contribution is -2.49. The highest BCUT2D eigenvalue weighted by Gasteiger charge is 2.36. The van der Waals surface area contributed by atoms with Crippen molar-refractivity contribution in [3.8, 4) is 5.75 Å². The molecule has 1 heterocycles. The van der Waals surface area contributed by atoms with E-state index in [1.54, 1.807) is 0 Å². The molecule has 0 aromatic heterocycles. The minimum Gasteiger partial charge on any atom is -0.489 e. The Morgan fingerprint density at radius 2 is 1.86 bits per heavy atom. The molecular weight excluding hydrogens is 404 g/mol. The Morgan fingerprint density at radius 3 is 2.55 bits per heavy atom. The highest BCUT2D eigenvalue weighted by Crippen LogP contribution is 2.37. The maximum atomic E-state index is 12.7. The van der Waals surface area contributed by atoms with E-state index in [-0.39, 0.29) is 11.8 Å². The van der Waals surface area contributed by atoms with Crippen molar-refractivity contribution in [1.29, 1.82) is 0 Å². The van der Waals surface area contributed by atoms with Crippen LogP contribution in [0, 0.1) is 0 Å². The number of carbonyl (C=O) groups is 1. The summed E-state index contributed by atoms with van der Waals surface area (Å²) in [6, 6.07) is 15.3. The fraction of sp³-hybridized carbons (Fsp3) is 0.304. The lowest BCUT2D eigenvalue weighted by molar-refractivity contribution is -0.116. The number of ether oxygens (including phenoxy) is 1. The number of ketones is 1. The molecule has 0 spiro atoms. The largest absolute Gasteiger partial charge is 0.489 e. The van der Waals surface area contributed by atoms with Crippen LogP contribution in [-0.2, 0) is 11.4 Å². The van der Waals surface area contributed by atoms with E-state index in [4.69, 9.17) is 28.6 Å². The molecule has 2 aromatic carbocycles. The standard InChI is InChI=1S/C23H23ClN2O2S/c1-2-26-19-4-3-5-20(27)21(19)22(25-23(26)29)16-8-12-18(13-9-16)28-14-15-6-10-17(24)11-7-15/h6-13,22H,2-5,14H2,1H3,(H,25,29). The van der Waals surface area contributed by atoms with Crippen LogP contribution in [0.2, 0.25) is 5.02 Å². The molecule has 1 aliphatic carbocycles. The third-order valence-corrected chi connectivity index (χ3v) is 5.99. The average Bonchev–Trinajstić information content (AvgIpc) is 2.73. The van der Waals surface area contributed by atoms with Gasteiger partial charge in [0, 0.05) is 29.3 Å². The van der Waals surface area contributed by atoms with Crippen LogP contribution >= 0.6 is 23.8 Å². The van der Waals surface area contributed by atoms with Gasteiger partial charge >= 0.3 is 0 Å². The van der Waals surface area contributed by atoms with E-state index in [0.717, 1.165) is 47.5 Å². The van der Waals surface area contributed by atoms with Gasteiger partial charge in [-0.15, -0.1) is 0 Å². The summed E-state index contributed by atoms with van der Waals surface area (Å²) in [4.78, 5) is 14.8. The zero-order chi connectivity index (χ0) is 20.4. The molecule has 0 saturated carbocycles. The summed E-state index contributed by atoms with van der Waals surface area (Å²) >= 11 is 11.5. The first-order chi connectivity index (χ1) is 14.1. The Hall–Kier alpha value is -2.37. The molecule has 1 atom stereocenters. The van der Waals surface area contributed by atoms with Gasteiger partial charge in [0.2, 0.25) is 0 Å². The van der Waals surface area contributed by atoms with Crippen molar-refractivity contribution in [2.24, 2.45) is 0 Å². The first-order valence-electron chi connectivity index (χ1n) is 9.88. The number of nitrogens with zero attached hydrogens (tertiary/aromatic N) is 1. The van der Waals surface area contributed by atoms with Gasteiger partial charge in [0.1, 0.15) is 12.4 Å². The predicted octanol–water partition coefficient (Wildman–Crippen LogP) is 5.18. The van der Waals surface area contributed by atoms with Gasteiger partial charge in [0.05, 0.1) is 6.04 Å². The van der Waals surface area contributed by atoms with Gasteiger partial charge in [0.15, 0.2) is 10.9 Å². The number of Topliss-reactive ketones (excluding diaryl/α,β-unsaturated/α-hetero) is 1. The first-order valence-corrected chi connectivity index (χ1v) is 10.7. The predicted molar refractivity (Wildman–Crippen MR) is 119 cm³/mol. The SMILES string of the molecule is CCN1C(=S)NC(c2ccc(OCc3ccc(Cl)cc3)cc2)C2=C1CCCC2=O. The molecule has 2 aliphatic rings. The minimum absolute atomic E-state index is 0.196. The molecule has 1 unspecified atom stereocenters. The second kappa shape index (κ2) is 8.56. The van der Waals surface area contributed by atoms with Crippen LogP contribution in [-0.4, -0.2) is 22.3 Å². The van der Waals surface area contributed by atoms with Crippen LogP contribution < -0.4 is 10.1 Å². The molecule has 6 heteroatoms. The van der Waals surface area contributed by atoms with E-state index >= 15 is 0 Å². The van der Waals surface area contributed by atoms with Crippen LogP contribution in [0.25, 0.3) is 0 Å². The number of hydrogen-bond acceptors (Lipinski definition) is 3. The molecule has 4 nitrogen and oxygen atoms in total. The van der Waals surface area contributed by atoms with Crippen molar-refractivity contribution >= 4 is 34.7 Å². The number of thiocarbonyl (C=S) groups is 1. The maximum Gasteiger partial charge on any atom is 0.173 e. The van der Waals surface area contributed by atoms with Gasteiger partial charge in [-0.3, -0.25) is 4.79 Å². The smallest absolute Gasteiger partial charge is 0.173 e. The molecule has 1 N–H and O–H groups in total. The van der Waals surface area contributed by atoms with E-state index < -0.39 is 0 Å². The monoisotopic (exact) mass is 426 g/mol. The lowest BCUT2D eigenvalue weighted by atomic mass is 9.85. The summed E-state index contributed by atoms with van der Waals surface area (Å²) in [6.45, 7) is 3.30. The highest BCUT2D eigenvalue weighted by atomic mass is 35.5. The van der Waals surface area contributed by atoms with Crippen LogP contribution in [0.3, 0.4) is 0 Å². The van der Waals surface area contributed by atoms with Crippen molar-refractivity contribution in [1.82, 2.24) is 10.2 Å². The summed E-state index contributed by atoms with van der Waals surface area (Å²) in [5.74, 6) is 0.995. The maximum absolute atomic E-state index is 12.7. The second-order valence-corrected chi connectivity index (χ2v) is 8.07. The fourth-order valence-electron chi connectivity index (χ4n) is 3.94. The average molecular weight is 427 g/mol. The van der Waals surface area contributed by atoms with Gasteiger partial charge < -0.3 is 15.0 Å². The molecule has 29 heavy (non-hydrogen) atoms. The van der Waals surface area contributed by atoms with Crippen LogP contribution in [0.4, 0.5) is 0 Å². The van der Waals surface area contributed by atoms with Gasteiger partial charge in [-0.25, -0.2) is 0 Å². The Labute approximate surface area is 181 Å². The van der Waals surface area contributed by atoms with E-state index in [9.17, 15) is 4.79 Å². The Balaban J connectivity index is 1.54. The number of halogens is 1. The molecule has 1 aliphatic heterocycles. The number of hydrogen-bond donors (Lipinski definition) is 1. The summed E-state index contributed by atoms with van der Waals surface area (Å²) in [5, 5.41) is 4.77. The number of nitrogens with one attached hydrogen (secondary N) is 1. The van der Waals surface area contributed by atoms with Crippen molar-refractivity contribution in [2.75, 3.05) is 6.54 Å². The highest BCUT2D eigenvalue weighted by molar-refractivity contribution is 7.80. The normalized spacial score (nSPS) is 19.1. The van der Waals surface area contributed by atoms with Crippen molar-refractivity contribution < 1.29 is 9.53 Å². The van der Waals surface area contributed by atoms with Gasteiger partial charge in [-0.2, -0.15) is 0 Å². The first kappa shape index (κ1) is 19.9. The minimum atomic E-state index is -0.196. The van der Waals surface area contributed by atoms with E-state index in [1.807, 2.05) is 48.5 Å². The molecule has 0 amide bonds. The number of rotatable bonds is 5. The molecule has 0 saturated heterocycles. The van der Waals surface area contributed by atoms with E-state index in [1.165, 1.54) is 0 Å². The number of allylic oxidation sites excluding steroid dienone is 1. The third kappa shape index (κ3) is 4.16. The molecular formula is C23H23ClN2O2S. The lowest BCUT2D eigenvalue weighted by Gasteiger charge is -2.40. The fourth-order valence-corrected chi connectivity index (χ4v) is 4.42. The number of carbonyl (C=O) groups excluding carboxylic acids is 1.